The van der Waals surface area contributed by atoms with E-state index < -0.39 is 0 Å². The lowest BCUT2D eigenvalue weighted by Gasteiger charge is -2.33. The molecule has 0 spiro atoms. The molecule has 4 nitrogen and oxygen atoms in total. The minimum atomic E-state index is -0.285. The fourth-order valence-corrected chi connectivity index (χ4v) is 3.18. The van der Waals surface area contributed by atoms with Crippen molar-refractivity contribution in [1.82, 2.24) is 5.32 Å². The highest BCUT2D eigenvalue weighted by Crippen LogP contribution is 2.36. The van der Waals surface area contributed by atoms with Crippen LogP contribution >= 0.6 is 15.9 Å². The van der Waals surface area contributed by atoms with Gasteiger partial charge in [-0.3, -0.25) is 9.59 Å². The molecule has 2 unspecified atom stereocenters. The minimum Gasteiger partial charge on any atom is -0.377 e. The van der Waals surface area contributed by atoms with Gasteiger partial charge in [0.25, 0.3) is 5.91 Å². The number of hydrogen-bond donors (Lipinski definition) is 2. The van der Waals surface area contributed by atoms with Crippen LogP contribution in [0.3, 0.4) is 0 Å². The number of likely N-dealkylation sites (N-methyl/N-ethyl adjacent to an activating group) is 1. The van der Waals surface area contributed by atoms with E-state index in [4.69, 9.17) is 0 Å². The molecule has 102 valence electrons. The van der Waals surface area contributed by atoms with Crippen molar-refractivity contribution in [2.45, 2.75) is 6.04 Å². The van der Waals surface area contributed by atoms with Gasteiger partial charge in [0.15, 0.2) is 5.78 Å². The summed E-state index contributed by atoms with van der Waals surface area (Å²) in [5, 5.41) is 5.92. The first-order chi connectivity index (χ1) is 9.61. The molecule has 2 aliphatic rings. The lowest BCUT2D eigenvalue weighted by molar-refractivity contribution is -0.116. The van der Waals surface area contributed by atoms with Crippen molar-refractivity contribution < 1.29 is 9.59 Å². The van der Waals surface area contributed by atoms with E-state index in [2.05, 4.69) is 26.6 Å². The minimum absolute atomic E-state index is 0.0773. The van der Waals surface area contributed by atoms with Gasteiger partial charge in [0.05, 0.1) is 17.5 Å². The van der Waals surface area contributed by atoms with E-state index in [9.17, 15) is 9.59 Å². The van der Waals surface area contributed by atoms with Crippen LogP contribution in [0.25, 0.3) is 0 Å². The molecule has 1 aliphatic carbocycles. The van der Waals surface area contributed by atoms with Crippen LogP contribution in [0, 0.1) is 5.92 Å². The monoisotopic (exact) mass is 332 g/mol. The smallest absolute Gasteiger partial charge is 0.251 e. The molecule has 0 fully saturated rings. The summed E-state index contributed by atoms with van der Waals surface area (Å²) < 4.78 is 0.660. The van der Waals surface area contributed by atoms with E-state index in [1.807, 2.05) is 24.3 Å². The number of para-hydroxylation sites is 1. The SMILES string of the molecule is CNC(=O)C1=CC2Nc3ccccc3C(=O)C2C=C1Br. The molecule has 3 rings (SSSR count). The molecule has 20 heavy (non-hydrogen) atoms. The Morgan fingerprint density at radius 1 is 1.30 bits per heavy atom. The standard InChI is InChI=1S/C15H13BrN2O2/c1-17-15(20)9-7-13-10(6-11(9)16)14(19)8-4-2-3-5-12(8)18-13/h2-7,10,13,18H,1H3,(H,17,20). The zero-order valence-electron chi connectivity index (χ0n) is 10.8. The number of carbonyl (C=O) groups is 2. The normalized spacial score (nSPS) is 23.8. The number of fused-ring (bicyclic) bond motifs is 2. The van der Waals surface area contributed by atoms with Crippen LogP contribution in [0.4, 0.5) is 5.69 Å². The van der Waals surface area contributed by atoms with Gasteiger partial charge in [0.1, 0.15) is 0 Å². The van der Waals surface area contributed by atoms with E-state index in [0.717, 1.165) is 5.69 Å². The van der Waals surface area contributed by atoms with Gasteiger partial charge in [-0.2, -0.15) is 0 Å². The number of ketones is 1. The second-order valence-corrected chi connectivity index (χ2v) is 5.63. The Bertz CT molecular complexity index is 664. The lowest BCUT2D eigenvalue weighted by atomic mass is 9.82. The van der Waals surface area contributed by atoms with E-state index >= 15 is 0 Å². The molecule has 0 saturated heterocycles. The Hall–Kier alpha value is -1.88. The second-order valence-electron chi connectivity index (χ2n) is 4.78. The number of anilines is 1. The molecule has 0 radical (unpaired) electrons. The summed E-state index contributed by atoms with van der Waals surface area (Å²) in [5.41, 5.74) is 2.06. The number of carbonyl (C=O) groups excluding carboxylic acids is 2. The van der Waals surface area contributed by atoms with Crippen LogP contribution in [-0.2, 0) is 4.79 Å². The Morgan fingerprint density at radius 2 is 2.05 bits per heavy atom. The molecule has 2 atom stereocenters. The maximum atomic E-state index is 12.5. The number of Topliss-reactive ketones (excluding diaryl/α,β-unsaturated/α-hetero) is 1. The predicted octanol–water partition coefficient (Wildman–Crippen LogP) is 2.24. The highest BCUT2D eigenvalue weighted by Gasteiger charge is 2.36. The largest absolute Gasteiger partial charge is 0.377 e. The van der Waals surface area contributed by atoms with Gasteiger partial charge in [-0.1, -0.05) is 34.1 Å². The quantitative estimate of drug-likeness (QED) is 0.829. The average molecular weight is 333 g/mol. The Labute approximate surface area is 125 Å². The molecule has 0 bridgehead atoms. The summed E-state index contributed by atoms with van der Waals surface area (Å²) in [4.78, 5) is 24.3. The first-order valence-corrected chi connectivity index (χ1v) is 7.12. The third-order valence-electron chi connectivity index (χ3n) is 3.61. The van der Waals surface area contributed by atoms with Gasteiger partial charge in [-0.05, 0) is 18.2 Å². The number of hydrogen-bond acceptors (Lipinski definition) is 3. The maximum absolute atomic E-state index is 12.5. The van der Waals surface area contributed by atoms with Crippen LogP contribution in [0.15, 0.2) is 46.5 Å². The molecule has 1 aromatic carbocycles. The van der Waals surface area contributed by atoms with Crippen LogP contribution in [-0.4, -0.2) is 24.8 Å². The molecule has 5 heteroatoms. The van der Waals surface area contributed by atoms with E-state index in [1.54, 1.807) is 19.2 Å². The summed E-state index contributed by atoms with van der Waals surface area (Å²) >= 11 is 3.38. The van der Waals surface area contributed by atoms with E-state index in [0.29, 0.717) is 15.6 Å². The Morgan fingerprint density at radius 3 is 2.80 bits per heavy atom. The van der Waals surface area contributed by atoms with Crippen molar-refractivity contribution in [3.8, 4) is 0 Å². The fraction of sp³-hybridized carbons (Fsp3) is 0.200. The van der Waals surface area contributed by atoms with Crippen molar-refractivity contribution >= 4 is 33.3 Å². The number of amides is 1. The van der Waals surface area contributed by atoms with Crippen molar-refractivity contribution in [2.75, 3.05) is 12.4 Å². The fourth-order valence-electron chi connectivity index (χ4n) is 2.59. The van der Waals surface area contributed by atoms with Gasteiger partial charge < -0.3 is 10.6 Å². The number of nitrogens with one attached hydrogen (secondary N) is 2. The molecule has 0 saturated carbocycles. The first-order valence-electron chi connectivity index (χ1n) is 6.33. The summed E-state index contributed by atoms with van der Waals surface area (Å²) in [6, 6.07) is 7.25. The topological polar surface area (TPSA) is 58.2 Å². The predicted molar refractivity (Wildman–Crippen MR) is 80.8 cm³/mol. The third kappa shape index (κ3) is 1.98. The lowest BCUT2D eigenvalue weighted by Crippen LogP contribution is -2.40. The van der Waals surface area contributed by atoms with Gasteiger partial charge in [-0.25, -0.2) is 0 Å². The maximum Gasteiger partial charge on any atom is 0.251 e. The summed E-state index contributed by atoms with van der Waals surface area (Å²) in [6.45, 7) is 0. The zero-order chi connectivity index (χ0) is 14.3. The molecular formula is C15H13BrN2O2. The molecule has 1 aliphatic heterocycles. The zero-order valence-corrected chi connectivity index (χ0v) is 12.4. The number of benzene rings is 1. The molecule has 0 aromatic heterocycles. The first kappa shape index (κ1) is 13.1. The van der Waals surface area contributed by atoms with Gasteiger partial charge >= 0.3 is 0 Å². The Balaban J connectivity index is 2.03. The van der Waals surface area contributed by atoms with Crippen molar-refractivity contribution in [1.29, 1.82) is 0 Å². The molecular weight excluding hydrogens is 320 g/mol. The van der Waals surface area contributed by atoms with Crippen molar-refractivity contribution in [2.24, 2.45) is 5.92 Å². The van der Waals surface area contributed by atoms with Gasteiger partial charge in [0, 0.05) is 22.8 Å². The molecule has 1 heterocycles. The van der Waals surface area contributed by atoms with Crippen LogP contribution < -0.4 is 10.6 Å². The molecule has 1 amide bonds. The van der Waals surface area contributed by atoms with Crippen LogP contribution in [0.2, 0.25) is 0 Å². The number of halogens is 1. The third-order valence-corrected chi connectivity index (χ3v) is 4.30. The number of rotatable bonds is 1. The highest BCUT2D eigenvalue weighted by atomic mass is 79.9. The van der Waals surface area contributed by atoms with Gasteiger partial charge in [-0.15, -0.1) is 0 Å². The average Bonchev–Trinajstić information content (AvgIpc) is 2.47. The highest BCUT2D eigenvalue weighted by molar-refractivity contribution is 9.12. The van der Waals surface area contributed by atoms with E-state index in [1.165, 1.54) is 0 Å². The summed E-state index contributed by atoms with van der Waals surface area (Å²) in [5.74, 6) is -0.374. The molecule has 2 N–H and O–H groups in total. The Kier molecular flexibility index (Phi) is 3.22. The van der Waals surface area contributed by atoms with E-state index in [-0.39, 0.29) is 23.7 Å². The van der Waals surface area contributed by atoms with Crippen LogP contribution in [0.5, 0.6) is 0 Å². The second kappa shape index (κ2) is 4.90. The van der Waals surface area contributed by atoms with Crippen molar-refractivity contribution in [3.63, 3.8) is 0 Å². The summed E-state index contributed by atoms with van der Waals surface area (Å²) in [7, 11) is 1.59. The van der Waals surface area contributed by atoms with Crippen LogP contribution in [0.1, 0.15) is 10.4 Å². The summed E-state index contributed by atoms with van der Waals surface area (Å²) in [6.07, 6.45) is 3.61. The molecule has 1 aromatic rings. The van der Waals surface area contributed by atoms with Crippen molar-refractivity contribution in [3.05, 3.63) is 52.0 Å². The van der Waals surface area contributed by atoms with Gasteiger partial charge in [0.2, 0.25) is 0 Å².